The number of aryl methyl sites for hydroxylation is 1. The summed E-state index contributed by atoms with van der Waals surface area (Å²) in [7, 11) is 2.18. The predicted molar refractivity (Wildman–Crippen MR) is 146 cm³/mol. The molecule has 0 saturated heterocycles. The van der Waals surface area contributed by atoms with Crippen molar-refractivity contribution in [2.75, 3.05) is 0 Å². The number of fused-ring (bicyclic) bond motifs is 6. The normalized spacial score (nSPS) is 11.7. The molecule has 0 atom stereocenters. The van der Waals surface area contributed by atoms with Gasteiger partial charge in [-0.15, -0.1) is 0 Å². The smallest absolute Gasteiger partial charge is 0.0568 e. The molecule has 0 bridgehead atoms. The zero-order valence-corrected chi connectivity index (χ0v) is 19.0. The van der Waals surface area contributed by atoms with Crippen molar-refractivity contribution in [2.24, 2.45) is 7.05 Å². The highest BCUT2D eigenvalue weighted by Gasteiger charge is 2.15. The molecule has 0 fully saturated rings. The molecule has 0 radical (unpaired) electrons. The van der Waals surface area contributed by atoms with Crippen molar-refractivity contribution in [2.45, 2.75) is 0 Å². The molecular weight excluding hydrogens is 410 g/mol. The van der Waals surface area contributed by atoms with Crippen LogP contribution in [0.5, 0.6) is 0 Å². The molecule has 0 aliphatic heterocycles. The standard InChI is InChI=1S/C33H23N/c1-34-32-13-7-6-11-28(32)31-21-30(27-10-4-5-12-29(27)33(31)34)24-17-14-23(15-18-24)26-19-16-22-8-2-3-9-25(22)20-26/h2-21H,1H3. The van der Waals surface area contributed by atoms with E-state index in [1.807, 2.05) is 0 Å². The first kappa shape index (κ1) is 19.1. The number of para-hydroxylation sites is 1. The fourth-order valence-electron chi connectivity index (χ4n) is 5.49. The summed E-state index contributed by atoms with van der Waals surface area (Å²) in [6.07, 6.45) is 0. The fraction of sp³-hybridized carbons (Fsp3) is 0.0303. The van der Waals surface area contributed by atoms with Crippen molar-refractivity contribution in [1.82, 2.24) is 4.57 Å². The third-order valence-corrected chi connectivity index (χ3v) is 7.19. The summed E-state index contributed by atoms with van der Waals surface area (Å²) in [6.45, 7) is 0. The van der Waals surface area contributed by atoms with Crippen molar-refractivity contribution in [3.05, 3.63) is 121 Å². The Kier molecular flexibility index (Phi) is 4.13. The minimum Gasteiger partial charge on any atom is -0.343 e. The number of nitrogens with zero attached hydrogens (tertiary/aromatic N) is 1. The van der Waals surface area contributed by atoms with Crippen LogP contribution in [0.4, 0.5) is 0 Å². The van der Waals surface area contributed by atoms with Crippen molar-refractivity contribution in [1.29, 1.82) is 0 Å². The van der Waals surface area contributed by atoms with Crippen LogP contribution in [0.3, 0.4) is 0 Å². The average Bonchev–Trinajstić information content (AvgIpc) is 3.20. The second kappa shape index (κ2) is 7.33. The molecule has 1 nitrogen and oxygen atoms in total. The van der Waals surface area contributed by atoms with Gasteiger partial charge < -0.3 is 4.57 Å². The monoisotopic (exact) mass is 433 g/mol. The Bertz CT molecular complexity index is 1850. The molecule has 0 aliphatic carbocycles. The lowest BCUT2D eigenvalue weighted by atomic mass is 9.93. The van der Waals surface area contributed by atoms with Gasteiger partial charge in [0.2, 0.25) is 0 Å². The molecule has 160 valence electrons. The van der Waals surface area contributed by atoms with E-state index in [9.17, 15) is 0 Å². The number of aromatic nitrogens is 1. The van der Waals surface area contributed by atoms with Crippen molar-refractivity contribution < 1.29 is 0 Å². The highest BCUT2D eigenvalue weighted by Crippen LogP contribution is 2.39. The van der Waals surface area contributed by atoms with Crippen LogP contribution in [0.25, 0.3) is 65.6 Å². The van der Waals surface area contributed by atoms with Gasteiger partial charge in [0, 0.05) is 28.7 Å². The maximum Gasteiger partial charge on any atom is 0.0568 e. The van der Waals surface area contributed by atoms with E-state index in [4.69, 9.17) is 0 Å². The van der Waals surface area contributed by atoms with Gasteiger partial charge in [0.1, 0.15) is 0 Å². The summed E-state index contributed by atoms with van der Waals surface area (Å²) >= 11 is 0. The zero-order valence-electron chi connectivity index (χ0n) is 19.0. The van der Waals surface area contributed by atoms with Gasteiger partial charge >= 0.3 is 0 Å². The Labute approximate surface area is 198 Å². The Balaban J connectivity index is 1.43. The van der Waals surface area contributed by atoms with Gasteiger partial charge in [-0.05, 0) is 56.6 Å². The van der Waals surface area contributed by atoms with Gasteiger partial charge in [-0.3, -0.25) is 0 Å². The van der Waals surface area contributed by atoms with Crippen LogP contribution in [0, 0.1) is 0 Å². The molecule has 0 saturated carbocycles. The molecule has 0 amide bonds. The highest BCUT2D eigenvalue weighted by atomic mass is 14.9. The van der Waals surface area contributed by atoms with E-state index in [2.05, 4.69) is 133 Å². The van der Waals surface area contributed by atoms with Crippen LogP contribution in [0.2, 0.25) is 0 Å². The molecule has 7 rings (SSSR count). The summed E-state index contributed by atoms with van der Waals surface area (Å²) < 4.78 is 2.33. The summed E-state index contributed by atoms with van der Waals surface area (Å²) in [5.74, 6) is 0. The SMILES string of the molecule is Cn1c2ccccc2c2cc(-c3ccc(-c4ccc5ccccc5c4)cc3)c3ccccc3c21. The second-order valence-corrected chi connectivity index (χ2v) is 9.08. The van der Waals surface area contributed by atoms with E-state index in [0.29, 0.717) is 0 Å². The molecule has 6 aromatic carbocycles. The maximum absolute atomic E-state index is 2.38. The molecule has 0 unspecified atom stereocenters. The van der Waals surface area contributed by atoms with Crippen molar-refractivity contribution in [3.63, 3.8) is 0 Å². The van der Waals surface area contributed by atoms with E-state index in [1.165, 1.54) is 65.6 Å². The average molecular weight is 434 g/mol. The number of benzene rings is 6. The van der Waals surface area contributed by atoms with Crippen molar-refractivity contribution >= 4 is 43.4 Å². The Morgan fingerprint density at radius 1 is 0.441 bits per heavy atom. The fourth-order valence-corrected chi connectivity index (χ4v) is 5.49. The molecule has 0 spiro atoms. The zero-order chi connectivity index (χ0) is 22.6. The van der Waals surface area contributed by atoms with Crippen LogP contribution in [-0.4, -0.2) is 4.57 Å². The highest BCUT2D eigenvalue weighted by molar-refractivity contribution is 6.21. The lowest BCUT2D eigenvalue weighted by molar-refractivity contribution is 1.02. The van der Waals surface area contributed by atoms with Gasteiger partial charge in [-0.25, -0.2) is 0 Å². The third-order valence-electron chi connectivity index (χ3n) is 7.19. The summed E-state index contributed by atoms with van der Waals surface area (Å²) in [4.78, 5) is 0. The number of rotatable bonds is 2. The number of hydrogen-bond donors (Lipinski definition) is 0. The lowest BCUT2D eigenvalue weighted by Gasteiger charge is -2.11. The first-order valence-electron chi connectivity index (χ1n) is 11.8. The molecule has 0 aliphatic rings. The van der Waals surface area contributed by atoms with Crippen molar-refractivity contribution in [3.8, 4) is 22.3 Å². The van der Waals surface area contributed by atoms with Gasteiger partial charge in [-0.1, -0.05) is 103 Å². The largest absolute Gasteiger partial charge is 0.343 e. The summed E-state index contributed by atoms with van der Waals surface area (Å²) in [5.41, 5.74) is 7.59. The third kappa shape index (κ3) is 2.80. The maximum atomic E-state index is 2.38. The van der Waals surface area contributed by atoms with Gasteiger partial charge in [0.25, 0.3) is 0 Å². The van der Waals surface area contributed by atoms with Gasteiger partial charge in [0.05, 0.1) is 5.52 Å². The van der Waals surface area contributed by atoms with Gasteiger partial charge in [-0.2, -0.15) is 0 Å². The molecule has 1 heterocycles. The van der Waals surface area contributed by atoms with Crippen LogP contribution >= 0.6 is 0 Å². The first-order chi connectivity index (χ1) is 16.8. The quantitative estimate of drug-likeness (QED) is 0.256. The van der Waals surface area contributed by atoms with E-state index in [-0.39, 0.29) is 0 Å². The molecule has 0 N–H and O–H groups in total. The summed E-state index contributed by atoms with van der Waals surface area (Å²) in [5, 5.41) is 7.76. The molecule has 34 heavy (non-hydrogen) atoms. The number of hydrogen-bond acceptors (Lipinski definition) is 0. The van der Waals surface area contributed by atoms with Crippen LogP contribution < -0.4 is 0 Å². The Morgan fingerprint density at radius 2 is 1.06 bits per heavy atom. The minimum absolute atomic E-state index is 1.24. The molecule has 1 heteroatoms. The first-order valence-corrected chi connectivity index (χ1v) is 11.8. The molecule has 1 aromatic heterocycles. The van der Waals surface area contributed by atoms with Crippen LogP contribution in [0.1, 0.15) is 0 Å². The van der Waals surface area contributed by atoms with E-state index >= 15 is 0 Å². The van der Waals surface area contributed by atoms with Crippen LogP contribution in [-0.2, 0) is 7.05 Å². The molecular formula is C33H23N. The Morgan fingerprint density at radius 3 is 1.88 bits per heavy atom. The lowest BCUT2D eigenvalue weighted by Crippen LogP contribution is -1.89. The van der Waals surface area contributed by atoms with Crippen LogP contribution in [0.15, 0.2) is 121 Å². The second-order valence-electron chi connectivity index (χ2n) is 9.08. The van der Waals surface area contributed by atoms with E-state index < -0.39 is 0 Å². The Hall–Kier alpha value is -4.36. The van der Waals surface area contributed by atoms with E-state index in [1.54, 1.807) is 0 Å². The summed E-state index contributed by atoms with van der Waals surface area (Å²) in [6, 6.07) is 44.1. The predicted octanol–water partition coefficient (Wildman–Crippen LogP) is 8.97. The van der Waals surface area contributed by atoms with Gasteiger partial charge in [0.15, 0.2) is 0 Å². The molecule has 7 aromatic rings. The topological polar surface area (TPSA) is 4.93 Å². The minimum atomic E-state index is 1.24. The van der Waals surface area contributed by atoms with E-state index in [0.717, 1.165) is 0 Å².